The molecule has 0 saturated heterocycles. The molecule has 6 heteroatoms. The van der Waals surface area contributed by atoms with E-state index in [9.17, 15) is 13.2 Å². The minimum Gasteiger partial charge on any atom is -0.380 e. The lowest BCUT2D eigenvalue weighted by Crippen LogP contribution is -2.06. The zero-order chi connectivity index (χ0) is 14.0. The van der Waals surface area contributed by atoms with Crippen LogP contribution in [0.5, 0.6) is 0 Å². The number of aryl methyl sites for hydroxylation is 1. The van der Waals surface area contributed by atoms with Crippen molar-refractivity contribution in [3.8, 4) is 0 Å². The van der Waals surface area contributed by atoms with Gasteiger partial charge in [-0.3, -0.25) is 0 Å². The molecule has 0 bridgehead atoms. The van der Waals surface area contributed by atoms with Gasteiger partial charge < -0.3 is 9.88 Å². The van der Waals surface area contributed by atoms with Crippen LogP contribution in [0, 0.1) is 0 Å². The van der Waals surface area contributed by atoms with Crippen molar-refractivity contribution in [2.24, 2.45) is 7.05 Å². The average molecular weight is 289 g/mol. The van der Waals surface area contributed by atoms with E-state index < -0.39 is 11.7 Å². The molecule has 102 valence electrons. The van der Waals surface area contributed by atoms with Gasteiger partial charge >= 0.3 is 6.18 Å². The third kappa shape index (κ3) is 3.44. The summed E-state index contributed by atoms with van der Waals surface area (Å²) in [7, 11) is 1.88. The van der Waals surface area contributed by atoms with Gasteiger partial charge in [0.2, 0.25) is 0 Å². The topological polar surface area (TPSA) is 17.0 Å². The van der Waals surface area contributed by atoms with Crippen LogP contribution in [0.15, 0.2) is 36.7 Å². The Hall–Kier alpha value is -1.62. The largest absolute Gasteiger partial charge is 0.416 e. The first kappa shape index (κ1) is 13.8. The standard InChI is InChI=1S/C13H12ClF3N2/c1-19-5-4-9(8-19)7-18-12-6-10(13(15,16)17)2-3-11(12)14/h2-6,8,18H,7H2,1H3. The van der Waals surface area contributed by atoms with Crippen LogP contribution in [0.4, 0.5) is 18.9 Å². The Morgan fingerprint density at radius 2 is 2.00 bits per heavy atom. The van der Waals surface area contributed by atoms with Crippen LogP contribution in [0.25, 0.3) is 0 Å². The third-order valence-corrected chi connectivity index (χ3v) is 3.00. The predicted octanol–water partition coefficient (Wildman–Crippen LogP) is 4.31. The second-order valence-electron chi connectivity index (χ2n) is 4.23. The lowest BCUT2D eigenvalue weighted by molar-refractivity contribution is -0.137. The summed E-state index contributed by atoms with van der Waals surface area (Å²) in [6.07, 6.45) is -0.618. The lowest BCUT2D eigenvalue weighted by Gasteiger charge is -2.12. The molecule has 1 aromatic heterocycles. The third-order valence-electron chi connectivity index (χ3n) is 2.67. The predicted molar refractivity (Wildman–Crippen MR) is 69.2 cm³/mol. The molecule has 0 atom stereocenters. The minimum atomic E-state index is -4.37. The van der Waals surface area contributed by atoms with Gasteiger partial charge in [0, 0.05) is 26.0 Å². The second-order valence-corrected chi connectivity index (χ2v) is 4.64. The normalized spacial score (nSPS) is 11.6. The van der Waals surface area contributed by atoms with E-state index in [4.69, 9.17) is 11.6 Å². The number of nitrogens with one attached hydrogen (secondary N) is 1. The fourth-order valence-corrected chi connectivity index (χ4v) is 1.88. The Morgan fingerprint density at radius 3 is 2.58 bits per heavy atom. The van der Waals surface area contributed by atoms with Gasteiger partial charge in [-0.15, -0.1) is 0 Å². The summed E-state index contributed by atoms with van der Waals surface area (Å²) in [6.45, 7) is 0.419. The molecule has 0 spiro atoms. The summed E-state index contributed by atoms with van der Waals surface area (Å²) < 4.78 is 39.6. The highest BCUT2D eigenvalue weighted by Gasteiger charge is 2.30. The van der Waals surface area contributed by atoms with Crippen molar-refractivity contribution in [2.45, 2.75) is 12.7 Å². The molecule has 0 amide bonds. The van der Waals surface area contributed by atoms with Gasteiger partial charge in [0.15, 0.2) is 0 Å². The Labute approximate surface area is 113 Å². The van der Waals surface area contributed by atoms with Crippen molar-refractivity contribution in [1.29, 1.82) is 0 Å². The second kappa shape index (κ2) is 5.17. The number of nitrogens with zero attached hydrogens (tertiary/aromatic N) is 1. The summed E-state index contributed by atoms with van der Waals surface area (Å²) in [4.78, 5) is 0. The lowest BCUT2D eigenvalue weighted by atomic mass is 10.2. The van der Waals surface area contributed by atoms with E-state index in [1.54, 1.807) is 0 Å². The summed E-state index contributed by atoms with van der Waals surface area (Å²) >= 11 is 5.88. The molecule has 0 radical (unpaired) electrons. The van der Waals surface area contributed by atoms with Gasteiger partial charge in [-0.05, 0) is 29.8 Å². The molecule has 2 rings (SSSR count). The molecule has 2 nitrogen and oxygen atoms in total. The molecular weight excluding hydrogens is 277 g/mol. The molecule has 0 unspecified atom stereocenters. The molecule has 1 N–H and O–H groups in total. The Bertz CT molecular complexity index is 576. The smallest absolute Gasteiger partial charge is 0.380 e. The maximum absolute atomic E-state index is 12.6. The van der Waals surface area contributed by atoms with Gasteiger partial charge in [-0.1, -0.05) is 11.6 Å². The van der Waals surface area contributed by atoms with E-state index in [1.807, 2.05) is 30.1 Å². The fourth-order valence-electron chi connectivity index (χ4n) is 1.70. The van der Waals surface area contributed by atoms with Crippen LogP contribution in [0.3, 0.4) is 0 Å². The number of anilines is 1. The molecule has 0 aliphatic rings. The number of hydrogen-bond acceptors (Lipinski definition) is 1. The van der Waals surface area contributed by atoms with Crippen molar-refractivity contribution in [2.75, 3.05) is 5.32 Å². The fraction of sp³-hybridized carbons (Fsp3) is 0.231. The van der Waals surface area contributed by atoms with Crippen LogP contribution in [0.1, 0.15) is 11.1 Å². The first-order valence-corrected chi connectivity index (χ1v) is 5.95. The molecular formula is C13H12ClF3N2. The molecule has 0 aliphatic heterocycles. The van der Waals surface area contributed by atoms with E-state index in [2.05, 4.69) is 5.32 Å². The summed E-state index contributed by atoms with van der Waals surface area (Å²) in [5.41, 5.74) is 0.531. The molecule has 19 heavy (non-hydrogen) atoms. The molecule has 0 saturated carbocycles. The number of benzene rings is 1. The van der Waals surface area contributed by atoms with Crippen molar-refractivity contribution in [1.82, 2.24) is 4.57 Å². The number of aromatic nitrogens is 1. The number of alkyl halides is 3. The number of rotatable bonds is 3. The summed E-state index contributed by atoms with van der Waals surface area (Å²) in [5, 5.41) is 3.18. The van der Waals surface area contributed by atoms with Crippen LogP contribution < -0.4 is 5.32 Å². The SMILES string of the molecule is Cn1ccc(CNc2cc(C(F)(F)F)ccc2Cl)c1. The molecule has 0 fully saturated rings. The number of halogens is 4. The molecule has 0 aliphatic carbocycles. The Kier molecular flexibility index (Phi) is 3.75. The average Bonchev–Trinajstić information content (AvgIpc) is 2.72. The quantitative estimate of drug-likeness (QED) is 0.890. The van der Waals surface area contributed by atoms with Gasteiger partial charge in [0.1, 0.15) is 0 Å². The maximum atomic E-state index is 12.6. The highest BCUT2D eigenvalue weighted by Crippen LogP contribution is 2.33. The van der Waals surface area contributed by atoms with Crippen LogP contribution in [-0.4, -0.2) is 4.57 Å². The van der Waals surface area contributed by atoms with E-state index in [-0.39, 0.29) is 10.7 Å². The zero-order valence-corrected chi connectivity index (χ0v) is 10.9. The Morgan fingerprint density at radius 1 is 1.26 bits per heavy atom. The van der Waals surface area contributed by atoms with Gasteiger partial charge in [0.05, 0.1) is 16.3 Å². The number of hydrogen-bond donors (Lipinski definition) is 1. The first-order chi connectivity index (χ1) is 8.86. The van der Waals surface area contributed by atoms with Gasteiger partial charge in [-0.25, -0.2) is 0 Å². The monoisotopic (exact) mass is 288 g/mol. The van der Waals surface area contributed by atoms with Crippen molar-refractivity contribution in [3.05, 3.63) is 52.8 Å². The zero-order valence-electron chi connectivity index (χ0n) is 10.1. The van der Waals surface area contributed by atoms with E-state index in [0.717, 1.165) is 17.7 Å². The highest BCUT2D eigenvalue weighted by atomic mass is 35.5. The van der Waals surface area contributed by atoms with Gasteiger partial charge in [0.25, 0.3) is 0 Å². The Balaban J connectivity index is 2.15. The van der Waals surface area contributed by atoms with Crippen LogP contribution >= 0.6 is 11.6 Å². The summed E-state index contributed by atoms with van der Waals surface area (Å²) in [5.74, 6) is 0. The van der Waals surface area contributed by atoms with E-state index in [0.29, 0.717) is 6.54 Å². The van der Waals surface area contributed by atoms with Crippen molar-refractivity contribution in [3.63, 3.8) is 0 Å². The van der Waals surface area contributed by atoms with E-state index in [1.165, 1.54) is 6.07 Å². The van der Waals surface area contributed by atoms with Crippen molar-refractivity contribution < 1.29 is 13.2 Å². The molecule has 1 heterocycles. The van der Waals surface area contributed by atoms with Crippen LogP contribution in [-0.2, 0) is 19.8 Å². The first-order valence-electron chi connectivity index (χ1n) is 5.58. The maximum Gasteiger partial charge on any atom is 0.416 e. The van der Waals surface area contributed by atoms with Gasteiger partial charge in [-0.2, -0.15) is 13.2 Å². The van der Waals surface area contributed by atoms with Crippen molar-refractivity contribution >= 4 is 17.3 Å². The van der Waals surface area contributed by atoms with E-state index >= 15 is 0 Å². The minimum absolute atomic E-state index is 0.268. The summed E-state index contributed by atoms with van der Waals surface area (Å²) in [6, 6.07) is 5.12. The molecule has 1 aromatic carbocycles. The molecule has 2 aromatic rings. The highest BCUT2D eigenvalue weighted by molar-refractivity contribution is 6.33. The van der Waals surface area contributed by atoms with Crippen LogP contribution in [0.2, 0.25) is 5.02 Å².